The molecule has 1 amide bonds. The van der Waals surface area contributed by atoms with Gasteiger partial charge >= 0.3 is 0 Å². The van der Waals surface area contributed by atoms with E-state index in [4.69, 9.17) is 39.5 Å². The van der Waals surface area contributed by atoms with Gasteiger partial charge in [0.25, 0.3) is 10.0 Å². The molecule has 3 rings (SSSR count). The fourth-order valence-corrected chi connectivity index (χ4v) is 4.55. The third-order valence-corrected chi connectivity index (χ3v) is 7.03. The summed E-state index contributed by atoms with van der Waals surface area (Å²) < 4.78 is 32.8. The molecule has 6 nitrogen and oxygen atoms in total. The molecule has 3 aromatic rings. The number of nitrogens with zero attached hydrogens (tertiary/aromatic N) is 1. The van der Waals surface area contributed by atoms with Crippen molar-refractivity contribution in [3.05, 3.63) is 81.8 Å². The van der Waals surface area contributed by atoms with E-state index in [1.165, 1.54) is 55.6 Å². The molecule has 0 atom stereocenters. The molecule has 0 bridgehead atoms. The minimum atomic E-state index is -4.07. The van der Waals surface area contributed by atoms with Crippen molar-refractivity contribution in [1.29, 1.82) is 0 Å². The zero-order valence-electron chi connectivity index (χ0n) is 16.2. The van der Waals surface area contributed by atoms with Gasteiger partial charge in [-0.2, -0.15) is 0 Å². The molecule has 162 valence electrons. The number of rotatable bonds is 7. The number of ether oxygens (including phenoxy) is 1. The predicted octanol–water partition coefficient (Wildman–Crippen LogP) is 5.49. The number of sulfonamides is 1. The van der Waals surface area contributed by atoms with Crippen molar-refractivity contribution in [3.63, 3.8) is 0 Å². The van der Waals surface area contributed by atoms with Crippen LogP contribution in [0.5, 0.6) is 5.75 Å². The second-order valence-corrected chi connectivity index (χ2v) is 9.45. The van der Waals surface area contributed by atoms with Gasteiger partial charge < -0.3 is 10.1 Å². The topological polar surface area (TPSA) is 75.7 Å². The summed E-state index contributed by atoms with van der Waals surface area (Å²) in [4.78, 5) is 12.7. The zero-order chi connectivity index (χ0) is 22.6. The lowest BCUT2D eigenvalue weighted by atomic mass is 10.3. The van der Waals surface area contributed by atoms with Crippen molar-refractivity contribution in [3.8, 4) is 5.75 Å². The molecular weight excluding hydrogens is 483 g/mol. The SMILES string of the molecule is COc1ccc(S(=O)(=O)N(CC(=O)Nc2ccc(Cl)c(Cl)c2)c2ccc(Cl)cc2)cc1. The van der Waals surface area contributed by atoms with E-state index in [9.17, 15) is 13.2 Å². The smallest absolute Gasteiger partial charge is 0.264 e. The first-order valence-electron chi connectivity index (χ1n) is 8.88. The monoisotopic (exact) mass is 498 g/mol. The summed E-state index contributed by atoms with van der Waals surface area (Å²) in [6, 6.07) is 16.6. The fourth-order valence-electron chi connectivity index (χ4n) is 2.70. The fraction of sp³-hybridized carbons (Fsp3) is 0.0952. The Kier molecular flexibility index (Phi) is 7.33. The average Bonchev–Trinajstić information content (AvgIpc) is 2.75. The van der Waals surface area contributed by atoms with E-state index in [1.54, 1.807) is 18.2 Å². The van der Waals surface area contributed by atoms with Crippen molar-refractivity contribution in [1.82, 2.24) is 0 Å². The van der Waals surface area contributed by atoms with Gasteiger partial charge in [-0.25, -0.2) is 8.42 Å². The molecule has 10 heteroatoms. The van der Waals surface area contributed by atoms with Gasteiger partial charge in [0.15, 0.2) is 0 Å². The van der Waals surface area contributed by atoms with Crippen LogP contribution in [0, 0.1) is 0 Å². The van der Waals surface area contributed by atoms with Crippen molar-refractivity contribution in [2.24, 2.45) is 0 Å². The Labute approximate surface area is 195 Å². The number of hydrogen-bond donors (Lipinski definition) is 1. The third-order valence-electron chi connectivity index (χ3n) is 4.25. The average molecular weight is 500 g/mol. The number of benzene rings is 3. The summed E-state index contributed by atoms with van der Waals surface area (Å²) >= 11 is 17.8. The minimum Gasteiger partial charge on any atom is -0.497 e. The molecule has 0 aliphatic carbocycles. The number of hydrogen-bond acceptors (Lipinski definition) is 4. The van der Waals surface area contributed by atoms with Crippen LogP contribution in [0.15, 0.2) is 71.6 Å². The molecule has 0 saturated heterocycles. The second-order valence-electron chi connectivity index (χ2n) is 6.34. The largest absolute Gasteiger partial charge is 0.497 e. The highest BCUT2D eigenvalue weighted by atomic mass is 35.5. The standard InChI is InChI=1S/C21H17Cl3N2O4S/c1-30-17-7-9-18(10-8-17)31(28,29)26(16-5-2-14(22)3-6-16)13-21(27)25-15-4-11-19(23)20(24)12-15/h2-12H,13H2,1H3,(H,25,27). The quantitative estimate of drug-likeness (QED) is 0.466. The van der Waals surface area contributed by atoms with Gasteiger partial charge in [0.2, 0.25) is 5.91 Å². The molecule has 0 spiro atoms. The van der Waals surface area contributed by atoms with Crippen molar-refractivity contribution < 1.29 is 17.9 Å². The van der Waals surface area contributed by atoms with E-state index >= 15 is 0 Å². The Morgan fingerprint density at radius 3 is 2.16 bits per heavy atom. The number of nitrogens with one attached hydrogen (secondary N) is 1. The molecule has 3 aromatic carbocycles. The normalized spacial score (nSPS) is 11.1. The molecule has 0 aliphatic rings. The summed E-state index contributed by atoms with van der Waals surface area (Å²) in [6.07, 6.45) is 0. The van der Waals surface area contributed by atoms with E-state index in [1.807, 2.05) is 0 Å². The molecule has 1 N–H and O–H groups in total. The van der Waals surface area contributed by atoms with Crippen molar-refractivity contribution in [2.45, 2.75) is 4.90 Å². The van der Waals surface area contributed by atoms with Gasteiger partial charge in [0.1, 0.15) is 12.3 Å². The first-order valence-corrected chi connectivity index (χ1v) is 11.5. The molecule has 0 heterocycles. The summed E-state index contributed by atoms with van der Waals surface area (Å²) in [6.45, 7) is -0.476. The maximum atomic E-state index is 13.3. The number of amides is 1. The Bertz CT molecular complexity index is 1180. The van der Waals surface area contributed by atoms with Crippen LogP contribution in [0.25, 0.3) is 0 Å². The summed E-state index contributed by atoms with van der Waals surface area (Å²) in [5.41, 5.74) is 0.668. The van der Waals surface area contributed by atoms with E-state index in [2.05, 4.69) is 5.32 Å². The lowest BCUT2D eigenvalue weighted by molar-refractivity contribution is -0.114. The van der Waals surface area contributed by atoms with Gasteiger partial charge in [0, 0.05) is 10.7 Å². The Balaban J connectivity index is 1.92. The van der Waals surface area contributed by atoms with Crippen LogP contribution in [0.1, 0.15) is 0 Å². The van der Waals surface area contributed by atoms with Gasteiger partial charge in [0.05, 0.1) is 27.7 Å². The lowest BCUT2D eigenvalue weighted by Gasteiger charge is -2.24. The first-order chi connectivity index (χ1) is 14.7. The van der Waals surface area contributed by atoms with Gasteiger partial charge in [-0.05, 0) is 66.7 Å². The molecule has 0 fully saturated rings. The first kappa shape index (κ1) is 23.2. The van der Waals surface area contributed by atoms with Gasteiger partial charge in [-0.1, -0.05) is 34.8 Å². The lowest BCUT2D eigenvalue weighted by Crippen LogP contribution is -2.38. The molecule has 0 aliphatic heterocycles. The minimum absolute atomic E-state index is 0.00517. The van der Waals surface area contributed by atoms with Crippen LogP contribution in [0.3, 0.4) is 0 Å². The van der Waals surface area contributed by atoms with Crippen molar-refractivity contribution >= 4 is 62.1 Å². The molecule has 31 heavy (non-hydrogen) atoms. The number of carbonyl (C=O) groups excluding carboxylic acids is 1. The summed E-state index contributed by atoms with van der Waals surface area (Å²) in [7, 11) is -2.58. The molecule has 0 saturated carbocycles. The Hall–Kier alpha value is -2.45. The van der Waals surface area contributed by atoms with Crippen LogP contribution in [-0.4, -0.2) is 28.0 Å². The molecule has 0 unspecified atom stereocenters. The predicted molar refractivity (Wildman–Crippen MR) is 124 cm³/mol. The number of anilines is 2. The zero-order valence-corrected chi connectivity index (χ0v) is 19.3. The van der Waals surface area contributed by atoms with Gasteiger partial charge in [-0.15, -0.1) is 0 Å². The molecular formula is C21H17Cl3N2O4S. The number of halogens is 3. The highest BCUT2D eigenvalue weighted by Gasteiger charge is 2.27. The van der Waals surface area contributed by atoms with Crippen molar-refractivity contribution in [2.75, 3.05) is 23.3 Å². The highest BCUT2D eigenvalue weighted by Crippen LogP contribution is 2.28. The van der Waals surface area contributed by atoms with Crippen LogP contribution < -0.4 is 14.4 Å². The Morgan fingerprint density at radius 1 is 0.935 bits per heavy atom. The van der Waals surface area contributed by atoms with Gasteiger partial charge in [-0.3, -0.25) is 9.10 Å². The van der Waals surface area contributed by atoms with E-state index in [0.29, 0.717) is 21.5 Å². The molecule has 0 radical (unpaired) electrons. The van der Waals surface area contributed by atoms with E-state index in [-0.39, 0.29) is 15.6 Å². The second kappa shape index (κ2) is 9.78. The van der Waals surface area contributed by atoms with Crippen LogP contribution in [-0.2, 0) is 14.8 Å². The maximum Gasteiger partial charge on any atom is 0.264 e. The third kappa shape index (κ3) is 5.62. The summed E-state index contributed by atoms with van der Waals surface area (Å²) in [5.74, 6) is -0.0558. The number of methoxy groups -OCH3 is 1. The van der Waals surface area contributed by atoms with E-state index in [0.717, 1.165) is 4.31 Å². The number of carbonyl (C=O) groups is 1. The highest BCUT2D eigenvalue weighted by molar-refractivity contribution is 7.92. The van der Waals surface area contributed by atoms with Crippen LogP contribution in [0.4, 0.5) is 11.4 Å². The van der Waals surface area contributed by atoms with Crippen LogP contribution in [0.2, 0.25) is 15.1 Å². The summed E-state index contributed by atoms with van der Waals surface area (Å²) in [5, 5.41) is 3.67. The molecule has 0 aromatic heterocycles. The Morgan fingerprint density at radius 2 is 1.58 bits per heavy atom. The van der Waals surface area contributed by atoms with E-state index < -0.39 is 22.5 Å². The maximum absolute atomic E-state index is 13.3. The van der Waals surface area contributed by atoms with Crippen LogP contribution >= 0.6 is 34.8 Å².